The molecule has 0 aliphatic carbocycles. The maximum atomic E-state index is 5.45. The van der Waals surface area contributed by atoms with Gasteiger partial charge in [0.05, 0.1) is 10.7 Å². The molecule has 7 heteroatoms. The maximum Gasteiger partial charge on any atom is 0.240 e. The van der Waals surface area contributed by atoms with E-state index in [-0.39, 0.29) is 0 Å². The summed E-state index contributed by atoms with van der Waals surface area (Å²) < 4.78 is 6.16. The smallest absolute Gasteiger partial charge is 0.240 e. The zero-order chi connectivity index (χ0) is 11.3. The van der Waals surface area contributed by atoms with Gasteiger partial charge >= 0.3 is 0 Å². The minimum Gasteiger partial charge on any atom is -0.475 e. The van der Waals surface area contributed by atoms with Gasteiger partial charge in [-0.15, -0.1) is 0 Å². The highest BCUT2D eigenvalue weighted by molar-refractivity contribution is 9.10. The Labute approximate surface area is 96.9 Å². The summed E-state index contributed by atoms with van der Waals surface area (Å²) in [5, 5.41) is 0. The maximum absolute atomic E-state index is 5.45. The van der Waals surface area contributed by atoms with Crippen LogP contribution in [0.5, 0.6) is 5.88 Å². The molecule has 0 aliphatic heterocycles. The molecule has 0 radical (unpaired) electrons. The van der Waals surface area contributed by atoms with Crippen LogP contribution in [0.3, 0.4) is 0 Å². The second-order valence-corrected chi connectivity index (χ2v) is 4.00. The van der Waals surface area contributed by atoms with Crippen molar-refractivity contribution in [2.75, 3.05) is 32.7 Å². The highest BCUT2D eigenvalue weighted by Gasteiger charge is 2.05. The Morgan fingerprint density at radius 2 is 2.33 bits per heavy atom. The summed E-state index contributed by atoms with van der Waals surface area (Å²) in [7, 11) is 3.95. The Bertz CT molecular complexity index is 320. The third kappa shape index (κ3) is 3.98. The molecule has 0 fully saturated rings. The SMILES string of the molecule is CN(C)CCOc1nc(NN)ncc1Br. The van der Waals surface area contributed by atoms with Crippen LogP contribution in [-0.4, -0.2) is 42.1 Å². The molecule has 1 aromatic rings. The first kappa shape index (κ1) is 12.2. The minimum atomic E-state index is 0.332. The van der Waals surface area contributed by atoms with E-state index in [1.54, 1.807) is 6.20 Å². The third-order valence-corrected chi connectivity index (χ3v) is 2.16. The molecule has 15 heavy (non-hydrogen) atoms. The molecule has 0 atom stereocenters. The van der Waals surface area contributed by atoms with Gasteiger partial charge in [-0.3, -0.25) is 5.43 Å². The number of ether oxygens (including phenoxy) is 1. The highest BCUT2D eigenvalue weighted by Crippen LogP contribution is 2.21. The van der Waals surface area contributed by atoms with E-state index in [2.05, 4.69) is 31.3 Å². The molecular formula is C8H14BrN5O. The highest BCUT2D eigenvalue weighted by atomic mass is 79.9. The predicted octanol–water partition coefficient (Wildman–Crippen LogP) is 0.465. The van der Waals surface area contributed by atoms with Crippen molar-refractivity contribution in [1.82, 2.24) is 14.9 Å². The van der Waals surface area contributed by atoms with Gasteiger partial charge < -0.3 is 9.64 Å². The van der Waals surface area contributed by atoms with Crippen LogP contribution in [0.1, 0.15) is 0 Å². The van der Waals surface area contributed by atoms with E-state index in [0.717, 1.165) is 6.54 Å². The Morgan fingerprint density at radius 3 is 2.93 bits per heavy atom. The van der Waals surface area contributed by atoms with Gasteiger partial charge in [0, 0.05) is 6.54 Å². The monoisotopic (exact) mass is 275 g/mol. The second-order valence-electron chi connectivity index (χ2n) is 3.14. The number of nitrogen functional groups attached to an aromatic ring is 1. The number of likely N-dealkylation sites (N-methyl/N-ethyl adjacent to an activating group) is 1. The lowest BCUT2D eigenvalue weighted by atomic mass is 10.6. The van der Waals surface area contributed by atoms with Gasteiger partial charge in [-0.1, -0.05) is 0 Å². The van der Waals surface area contributed by atoms with Crippen molar-refractivity contribution in [3.63, 3.8) is 0 Å². The van der Waals surface area contributed by atoms with Gasteiger partial charge in [0.15, 0.2) is 0 Å². The van der Waals surface area contributed by atoms with Crippen LogP contribution < -0.4 is 16.0 Å². The second kappa shape index (κ2) is 5.84. The number of hydrogen-bond donors (Lipinski definition) is 2. The van der Waals surface area contributed by atoms with Crippen LogP contribution >= 0.6 is 15.9 Å². The molecule has 0 saturated heterocycles. The molecule has 0 unspecified atom stereocenters. The van der Waals surface area contributed by atoms with Crippen molar-refractivity contribution in [2.24, 2.45) is 5.84 Å². The summed E-state index contributed by atoms with van der Waals surface area (Å²) in [4.78, 5) is 9.99. The number of nitrogens with one attached hydrogen (secondary N) is 1. The van der Waals surface area contributed by atoms with Crippen LogP contribution in [0.2, 0.25) is 0 Å². The third-order valence-electron chi connectivity index (χ3n) is 1.62. The molecule has 1 rings (SSSR count). The molecule has 0 aromatic carbocycles. The molecule has 0 saturated carbocycles. The fourth-order valence-corrected chi connectivity index (χ4v) is 1.15. The Balaban J connectivity index is 2.59. The largest absolute Gasteiger partial charge is 0.475 e. The summed E-state index contributed by atoms with van der Waals surface area (Å²) >= 11 is 3.29. The first-order chi connectivity index (χ1) is 7.13. The van der Waals surface area contributed by atoms with Crippen LogP contribution in [0, 0.1) is 0 Å². The molecule has 6 nitrogen and oxygen atoms in total. The summed E-state index contributed by atoms with van der Waals surface area (Å²) in [6, 6.07) is 0. The van der Waals surface area contributed by atoms with E-state index in [1.807, 2.05) is 19.0 Å². The molecule has 3 N–H and O–H groups in total. The van der Waals surface area contributed by atoms with E-state index >= 15 is 0 Å². The molecule has 1 heterocycles. The van der Waals surface area contributed by atoms with Crippen molar-refractivity contribution in [1.29, 1.82) is 0 Å². The summed E-state index contributed by atoms with van der Waals surface area (Å²) in [5.74, 6) is 6.01. The normalized spacial score (nSPS) is 10.5. The average Bonchev–Trinajstić information content (AvgIpc) is 2.20. The fraction of sp³-hybridized carbons (Fsp3) is 0.500. The summed E-state index contributed by atoms with van der Waals surface area (Å²) in [6.45, 7) is 1.38. The van der Waals surface area contributed by atoms with Crippen molar-refractivity contribution in [2.45, 2.75) is 0 Å². The number of hydrazine groups is 1. The first-order valence-corrected chi connectivity index (χ1v) is 5.19. The summed E-state index contributed by atoms with van der Waals surface area (Å²) in [6.07, 6.45) is 1.59. The molecule has 0 aliphatic rings. The van der Waals surface area contributed by atoms with Crippen molar-refractivity contribution >= 4 is 21.9 Å². The average molecular weight is 276 g/mol. The Hall–Kier alpha value is -0.920. The van der Waals surface area contributed by atoms with Crippen LogP contribution in [0.15, 0.2) is 10.7 Å². The summed E-state index contributed by atoms with van der Waals surface area (Å²) in [5.41, 5.74) is 2.36. The fourth-order valence-electron chi connectivity index (χ4n) is 0.847. The van der Waals surface area contributed by atoms with E-state index in [1.165, 1.54) is 0 Å². The van der Waals surface area contributed by atoms with Gasteiger partial charge in [-0.25, -0.2) is 10.8 Å². The number of anilines is 1. The zero-order valence-corrected chi connectivity index (χ0v) is 10.3. The first-order valence-electron chi connectivity index (χ1n) is 4.40. The van der Waals surface area contributed by atoms with Crippen LogP contribution in [0.4, 0.5) is 5.95 Å². The van der Waals surface area contributed by atoms with Gasteiger partial charge in [-0.05, 0) is 30.0 Å². The standard InChI is InChI=1S/C8H14BrN5O/c1-14(2)3-4-15-7-6(9)5-11-8(12-7)13-10/h5H,3-4,10H2,1-2H3,(H,11,12,13). The molecule has 0 bridgehead atoms. The molecule has 0 spiro atoms. The molecular weight excluding hydrogens is 262 g/mol. The Morgan fingerprint density at radius 1 is 1.60 bits per heavy atom. The topological polar surface area (TPSA) is 76.3 Å². The van der Waals surface area contributed by atoms with Crippen molar-refractivity contribution in [3.05, 3.63) is 10.7 Å². The lowest BCUT2D eigenvalue weighted by molar-refractivity contribution is 0.252. The molecule has 1 aromatic heterocycles. The van der Waals surface area contributed by atoms with Gasteiger partial charge in [0.1, 0.15) is 6.61 Å². The number of rotatable bonds is 5. The lowest BCUT2D eigenvalue weighted by Crippen LogP contribution is -2.20. The number of aromatic nitrogens is 2. The van der Waals surface area contributed by atoms with E-state index in [4.69, 9.17) is 10.6 Å². The van der Waals surface area contributed by atoms with Gasteiger partial charge in [0.2, 0.25) is 11.8 Å². The van der Waals surface area contributed by atoms with Crippen molar-refractivity contribution in [3.8, 4) is 5.88 Å². The number of nitrogens with two attached hydrogens (primary N) is 1. The molecule has 84 valence electrons. The van der Waals surface area contributed by atoms with Gasteiger partial charge in [-0.2, -0.15) is 4.98 Å². The lowest BCUT2D eigenvalue weighted by Gasteiger charge is -2.11. The number of halogens is 1. The van der Waals surface area contributed by atoms with Gasteiger partial charge in [0.25, 0.3) is 0 Å². The number of nitrogens with zero attached hydrogens (tertiary/aromatic N) is 3. The Kier molecular flexibility index (Phi) is 4.73. The predicted molar refractivity (Wildman–Crippen MR) is 61.6 cm³/mol. The van der Waals surface area contributed by atoms with Crippen LogP contribution in [-0.2, 0) is 0 Å². The van der Waals surface area contributed by atoms with E-state index in [0.29, 0.717) is 22.9 Å². The van der Waals surface area contributed by atoms with E-state index in [9.17, 15) is 0 Å². The molecule has 0 amide bonds. The van der Waals surface area contributed by atoms with Crippen molar-refractivity contribution < 1.29 is 4.74 Å². The quantitative estimate of drug-likeness (QED) is 0.601. The minimum absolute atomic E-state index is 0.332. The number of hydrogen-bond acceptors (Lipinski definition) is 6. The van der Waals surface area contributed by atoms with E-state index < -0.39 is 0 Å². The zero-order valence-electron chi connectivity index (χ0n) is 8.70. The van der Waals surface area contributed by atoms with Crippen LogP contribution in [0.25, 0.3) is 0 Å².